The van der Waals surface area contributed by atoms with Gasteiger partial charge in [0.05, 0.1) is 4.70 Å². The third kappa shape index (κ3) is 1.64. The fourth-order valence-corrected chi connectivity index (χ4v) is 5.29. The lowest BCUT2D eigenvalue weighted by Gasteiger charge is -2.44. The highest BCUT2D eigenvalue weighted by atomic mass is 32.1. The maximum atomic E-state index is 13.0. The molecule has 4 aliphatic heterocycles. The molecule has 4 nitrogen and oxygen atoms in total. The second-order valence-corrected chi connectivity index (χ2v) is 7.33. The van der Waals surface area contributed by atoms with E-state index in [4.69, 9.17) is 0 Å². The Morgan fingerprint density at radius 1 is 1.24 bits per heavy atom. The van der Waals surface area contributed by atoms with Gasteiger partial charge in [-0.25, -0.2) is 0 Å². The van der Waals surface area contributed by atoms with Gasteiger partial charge in [0.25, 0.3) is 5.91 Å². The fourth-order valence-electron chi connectivity index (χ4n) is 4.52. The minimum Gasteiger partial charge on any atom is -0.332 e. The fraction of sp³-hybridized carbons (Fsp3) is 0.500. The number of likely N-dealkylation sites (tertiary alicyclic amines) is 1. The number of carbonyl (C=O) groups excluding carboxylic acids is 1. The molecule has 0 spiro atoms. The summed E-state index contributed by atoms with van der Waals surface area (Å²) in [5.41, 5.74) is 0.661. The molecule has 5 heteroatoms. The highest BCUT2D eigenvalue weighted by Gasteiger charge is 2.51. The smallest absolute Gasteiger partial charge is 0.274 e. The van der Waals surface area contributed by atoms with Gasteiger partial charge in [-0.05, 0) is 42.4 Å². The molecule has 4 fully saturated rings. The number of amides is 1. The zero-order valence-electron chi connectivity index (χ0n) is 11.7. The second-order valence-electron chi connectivity index (χ2n) is 6.52. The first-order valence-electron chi connectivity index (χ1n) is 7.69. The summed E-state index contributed by atoms with van der Waals surface area (Å²) >= 11 is 1.43. The van der Waals surface area contributed by atoms with E-state index in [0.29, 0.717) is 17.7 Å². The number of carbonyl (C=O) groups is 1. The molecule has 5 heterocycles. The van der Waals surface area contributed by atoms with Crippen molar-refractivity contribution < 1.29 is 4.79 Å². The molecule has 4 bridgehead atoms. The van der Waals surface area contributed by atoms with Crippen molar-refractivity contribution >= 4 is 27.5 Å². The SMILES string of the molecule is O=C(c1nsc2ccccc12)N1C[C@H]2CN3CC[C@H]2[C@H]1C3. The monoisotopic (exact) mass is 299 g/mol. The van der Waals surface area contributed by atoms with Crippen LogP contribution < -0.4 is 0 Å². The van der Waals surface area contributed by atoms with Crippen LogP contribution in [0, 0.1) is 11.8 Å². The van der Waals surface area contributed by atoms with Crippen molar-refractivity contribution in [1.82, 2.24) is 14.2 Å². The van der Waals surface area contributed by atoms with Crippen LogP contribution >= 0.6 is 11.5 Å². The van der Waals surface area contributed by atoms with E-state index in [9.17, 15) is 4.79 Å². The number of fused-ring (bicyclic) bond motifs is 2. The topological polar surface area (TPSA) is 36.4 Å². The van der Waals surface area contributed by atoms with Crippen LogP contribution in [0.25, 0.3) is 10.1 Å². The second kappa shape index (κ2) is 4.27. The van der Waals surface area contributed by atoms with Crippen LogP contribution in [0.1, 0.15) is 16.9 Å². The number of rotatable bonds is 1. The van der Waals surface area contributed by atoms with Gasteiger partial charge in [-0.1, -0.05) is 18.2 Å². The highest BCUT2D eigenvalue weighted by molar-refractivity contribution is 7.13. The Morgan fingerprint density at radius 2 is 2.14 bits per heavy atom. The van der Waals surface area contributed by atoms with Crippen LogP contribution in [0.4, 0.5) is 0 Å². The minimum atomic E-state index is 0.147. The summed E-state index contributed by atoms with van der Waals surface area (Å²) in [5.74, 6) is 1.56. The third-order valence-electron chi connectivity index (χ3n) is 5.49. The first-order chi connectivity index (χ1) is 10.3. The summed E-state index contributed by atoms with van der Waals surface area (Å²) < 4.78 is 5.56. The van der Waals surface area contributed by atoms with Crippen molar-refractivity contribution in [2.45, 2.75) is 12.5 Å². The molecule has 0 N–H and O–H groups in total. The van der Waals surface area contributed by atoms with Crippen LogP contribution in [0.2, 0.25) is 0 Å². The van der Waals surface area contributed by atoms with E-state index < -0.39 is 0 Å². The molecule has 6 rings (SSSR count). The van der Waals surface area contributed by atoms with Crippen LogP contribution in [-0.4, -0.2) is 52.3 Å². The average Bonchev–Trinajstić information content (AvgIpc) is 3.06. The van der Waals surface area contributed by atoms with E-state index in [1.807, 2.05) is 24.3 Å². The molecule has 0 saturated carbocycles. The minimum absolute atomic E-state index is 0.147. The van der Waals surface area contributed by atoms with E-state index in [0.717, 1.165) is 29.1 Å². The molecule has 0 radical (unpaired) electrons. The van der Waals surface area contributed by atoms with Gasteiger partial charge in [0.1, 0.15) is 5.69 Å². The Labute approximate surface area is 127 Å². The van der Waals surface area contributed by atoms with E-state index in [1.165, 1.54) is 31.0 Å². The summed E-state index contributed by atoms with van der Waals surface area (Å²) in [6, 6.07) is 8.47. The van der Waals surface area contributed by atoms with Crippen molar-refractivity contribution in [1.29, 1.82) is 0 Å². The van der Waals surface area contributed by atoms with Crippen molar-refractivity contribution in [3.63, 3.8) is 0 Å². The average molecular weight is 299 g/mol. The Bertz CT molecular complexity index is 727. The highest BCUT2D eigenvalue weighted by Crippen LogP contribution is 2.42. The standard InChI is InChI=1S/C16H17N3OS/c20-16(15-12-3-1-2-4-14(12)21-17-15)19-8-10-7-18-6-5-11(10)13(19)9-18/h1-4,10-11,13H,5-9H2/t10-,11-,13-/m1/s1. The van der Waals surface area contributed by atoms with Gasteiger partial charge in [0.2, 0.25) is 0 Å². The van der Waals surface area contributed by atoms with Gasteiger partial charge in [-0.2, -0.15) is 4.37 Å². The van der Waals surface area contributed by atoms with Crippen LogP contribution in [0.3, 0.4) is 0 Å². The number of hydrogen-bond donors (Lipinski definition) is 0. The molecule has 4 saturated heterocycles. The quantitative estimate of drug-likeness (QED) is 0.809. The largest absolute Gasteiger partial charge is 0.332 e. The molecule has 1 unspecified atom stereocenters. The Balaban J connectivity index is 1.52. The number of piperidine rings is 3. The molecular formula is C16H17N3OS. The van der Waals surface area contributed by atoms with E-state index in [2.05, 4.69) is 14.2 Å². The summed E-state index contributed by atoms with van der Waals surface area (Å²) in [7, 11) is 0. The molecule has 21 heavy (non-hydrogen) atoms. The maximum absolute atomic E-state index is 13.0. The molecule has 2 aromatic rings. The Kier molecular flexibility index (Phi) is 2.47. The van der Waals surface area contributed by atoms with E-state index in [1.54, 1.807) is 0 Å². The number of aromatic nitrogens is 1. The zero-order chi connectivity index (χ0) is 14.0. The lowest BCUT2D eigenvalue weighted by molar-refractivity contribution is 0.0421. The zero-order valence-corrected chi connectivity index (χ0v) is 12.6. The van der Waals surface area contributed by atoms with E-state index in [-0.39, 0.29) is 5.91 Å². The molecular weight excluding hydrogens is 282 g/mol. The molecule has 1 aromatic carbocycles. The van der Waals surface area contributed by atoms with Crippen LogP contribution in [0.5, 0.6) is 0 Å². The lowest BCUT2D eigenvalue weighted by Crippen LogP contribution is -2.54. The predicted octanol–water partition coefficient (Wildman–Crippen LogP) is 2.07. The van der Waals surface area contributed by atoms with Gasteiger partial charge in [-0.3, -0.25) is 4.79 Å². The van der Waals surface area contributed by atoms with Gasteiger partial charge in [0, 0.05) is 31.1 Å². The van der Waals surface area contributed by atoms with Gasteiger partial charge in [0.15, 0.2) is 0 Å². The lowest BCUT2D eigenvalue weighted by atomic mass is 9.80. The first kappa shape index (κ1) is 12.1. The van der Waals surface area contributed by atoms with Crippen LogP contribution in [0.15, 0.2) is 24.3 Å². The predicted molar refractivity (Wildman–Crippen MR) is 82.5 cm³/mol. The number of benzene rings is 1. The van der Waals surface area contributed by atoms with Crippen molar-refractivity contribution in [2.24, 2.45) is 11.8 Å². The van der Waals surface area contributed by atoms with Gasteiger partial charge in [-0.15, -0.1) is 0 Å². The normalized spacial score (nSPS) is 33.8. The molecule has 4 atom stereocenters. The summed E-state index contributed by atoms with van der Waals surface area (Å²) in [6.07, 6.45) is 1.26. The van der Waals surface area contributed by atoms with Crippen molar-refractivity contribution in [3.05, 3.63) is 30.0 Å². The number of nitrogens with zero attached hydrogens (tertiary/aromatic N) is 3. The summed E-state index contributed by atoms with van der Waals surface area (Å²) in [6.45, 7) is 4.40. The molecule has 4 aliphatic rings. The van der Waals surface area contributed by atoms with Gasteiger partial charge < -0.3 is 9.80 Å². The van der Waals surface area contributed by atoms with Crippen molar-refractivity contribution in [2.75, 3.05) is 26.2 Å². The van der Waals surface area contributed by atoms with Crippen LogP contribution in [-0.2, 0) is 0 Å². The first-order valence-corrected chi connectivity index (χ1v) is 8.46. The van der Waals surface area contributed by atoms with Gasteiger partial charge >= 0.3 is 0 Å². The summed E-state index contributed by atoms with van der Waals surface area (Å²) in [5, 5.41) is 1.01. The van der Waals surface area contributed by atoms with Crippen molar-refractivity contribution in [3.8, 4) is 0 Å². The maximum Gasteiger partial charge on any atom is 0.274 e. The van der Waals surface area contributed by atoms with E-state index >= 15 is 0 Å². The molecule has 1 amide bonds. The number of hydrogen-bond acceptors (Lipinski definition) is 4. The molecule has 0 aliphatic carbocycles. The molecule has 108 valence electrons. The third-order valence-corrected chi connectivity index (χ3v) is 6.32. The molecule has 1 aromatic heterocycles. The Hall–Kier alpha value is -1.46. The summed E-state index contributed by atoms with van der Waals surface area (Å²) in [4.78, 5) is 17.6. The Morgan fingerprint density at radius 3 is 3.00 bits per heavy atom.